The maximum Gasteiger partial charge on any atom is 0.242 e. The van der Waals surface area contributed by atoms with Crippen molar-refractivity contribution in [2.24, 2.45) is 5.73 Å². The number of hydrogen-bond acceptors (Lipinski definition) is 4. The molecule has 3 N–H and O–H groups in total. The average molecular weight is 258 g/mol. The summed E-state index contributed by atoms with van der Waals surface area (Å²) in [6.07, 6.45) is 0.427. The van der Waals surface area contributed by atoms with Gasteiger partial charge in [-0.15, -0.1) is 0 Å². The molecule has 0 heterocycles. The first-order chi connectivity index (χ1) is 8.02. The van der Waals surface area contributed by atoms with Gasteiger partial charge >= 0.3 is 0 Å². The third kappa shape index (κ3) is 3.50. The number of sulfonamides is 1. The molecule has 1 rings (SSSR count). The second kappa shape index (κ2) is 6.11. The van der Waals surface area contributed by atoms with E-state index in [0.717, 1.165) is 5.56 Å². The summed E-state index contributed by atoms with van der Waals surface area (Å²) in [5.74, 6) is 0. The average Bonchev–Trinajstić information content (AvgIpc) is 2.35. The van der Waals surface area contributed by atoms with Gasteiger partial charge < -0.3 is 10.8 Å². The molecule has 0 saturated heterocycles. The Morgan fingerprint density at radius 3 is 2.35 bits per heavy atom. The number of rotatable bonds is 6. The van der Waals surface area contributed by atoms with Crippen molar-refractivity contribution >= 4 is 10.0 Å². The summed E-state index contributed by atoms with van der Waals surface area (Å²) in [6.45, 7) is 0.671. The van der Waals surface area contributed by atoms with Crippen LogP contribution in [0.15, 0.2) is 29.2 Å². The van der Waals surface area contributed by atoms with Crippen molar-refractivity contribution in [3.8, 4) is 0 Å². The maximum atomic E-state index is 12.1. The van der Waals surface area contributed by atoms with Gasteiger partial charge in [-0.05, 0) is 24.1 Å². The smallest absolute Gasteiger partial charge is 0.242 e. The first kappa shape index (κ1) is 14.1. The van der Waals surface area contributed by atoms with Gasteiger partial charge in [-0.1, -0.05) is 12.1 Å². The fourth-order valence-corrected chi connectivity index (χ4v) is 2.60. The monoisotopic (exact) mass is 258 g/mol. The minimum atomic E-state index is -3.45. The molecule has 0 unspecified atom stereocenters. The number of nitrogens with two attached hydrogens (primary N) is 1. The maximum absolute atomic E-state index is 12.1. The minimum Gasteiger partial charge on any atom is -0.396 e. The van der Waals surface area contributed by atoms with Gasteiger partial charge in [0.1, 0.15) is 0 Å². The first-order valence-corrected chi connectivity index (χ1v) is 6.82. The van der Waals surface area contributed by atoms with Crippen LogP contribution < -0.4 is 5.73 Å². The largest absolute Gasteiger partial charge is 0.396 e. The van der Waals surface area contributed by atoms with Crippen molar-refractivity contribution in [2.45, 2.75) is 17.9 Å². The lowest BCUT2D eigenvalue weighted by Gasteiger charge is -2.16. The Balaban J connectivity index is 2.88. The highest BCUT2D eigenvalue weighted by Gasteiger charge is 2.19. The molecule has 0 bridgehead atoms. The van der Waals surface area contributed by atoms with Crippen molar-refractivity contribution in [3.05, 3.63) is 29.8 Å². The highest BCUT2D eigenvalue weighted by Crippen LogP contribution is 2.15. The molecule has 0 saturated carbocycles. The van der Waals surface area contributed by atoms with Crippen LogP contribution in [-0.2, 0) is 16.6 Å². The van der Waals surface area contributed by atoms with Crippen LogP contribution >= 0.6 is 0 Å². The van der Waals surface area contributed by atoms with Crippen LogP contribution in [0.3, 0.4) is 0 Å². The third-order valence-corrected chi connectivity index (χ3v) is 4.37. The van der Waals surface area contributed by atoms with Gasteiger partial charge in [0.05, 0.1) is 4.90 Å². The lowest BCUT2D eigenvalue weighted by Crippen LogP contribution is -2.28. The first-order valence-electron chi connectivity index (χ1n) is 5.38. The number of aliphatic hydroxyl groups is 1. The zero-order chi connectivity index (χ0) is 12.9. The van der Waals surface area contributed by atoms with Gasteiger partial charge in [0, 0.05) is 26.7 Å². The molecule has 0 fully saturated rings. The summed E-state index contributed by atoms with van der Waals surface area (Å²) in [5, 5.41) is 8.68. The second-order valence-corrected chi connectivity index (χ2v) is 5.80. The zero-order valence-corrected chi connectivity index (χ0v) is 10.7. The number of benzene rings is 1. The van der Waals surface area contributed by atoms with Crippen LogP contribution in [-0.4, -0.2) is 38.0 Å². The quantitative estimate of drug-likeness (QED) is 0.760. The van der Waals surface area contributed by atoms with E-state index < -0.39 is 10.0 Å². The molecule has 1 aromatic rings. The molecular weight excluding hydrogens is 240 g/mol. The summed E-state index contributed by atoms with van der Waals surface area (Å²) in [4.78, 5) is 0.245. The normalized spacial score (nSPS) is 12.0. The van der Waals surface area contributed by atoms with Crippen LogP contribution in [0.5, 0.6) is 0 Å². The molecule has 0 aliphatic carbocycles. The van der Waals surface area contributed by atoms with E-state index in [1.807, 2.05) is 0 Å². The van der Waals surface area contributed by atoms with Gasteiger partial charge in [0.25, 0.3) is 0 Å². The van der Waals surface area contributed by atoms with E-state index in [1.54, 1.807) is 24.3 Å². The Bertz CT molecular complexity index is 442. The van der Waals surface area contributed by atoms with Crippen molar-refractivity contribution < 1.29 is 13.5 Å². The summed E-state index contributed by atoms with van der Waals surface area (Å²) in [5.41, 5.74) is 6.34. The molecule has 0 spiro atoms. The van der Waals surface area contributed by atoms with Crippen molar-refractivity contribution in [1.82, 2.24) is 4.31 Å². The van der Waals surface area contributed by atoms with E-state index in [4.69, 9.17) is 10.8 Å². The summed E-state index contributed by atoms with van der Waals surface area (Å²) in [6, 6.07) is 6.50. The van der Waals surface area contributed by atoms with Crippen LogP contribution in [0.4, 0.5) is 0 Å². The minimum absolute atomic E-state index is 0.0219. The molecule has 0 amide bonds. The van der Waals surface area contributed by atoms with Crippen LogP contribution in [0, 0.1) is 0 Å². The molecule has 5 nitrogen and oxygen atoms in total. The van der Waals surface area contributed by atoms with E-state index in [2.05, 4.69) is 0 Å². The summed E-state index contributed by atoms with van der Waals surface area (Å²) >= 11 is 0. The highest BCUT2D eigenvalue weighted by atomic mass is 32.2. The molecule has 1 aromatic carbocycles. The molecule has 0 aliphatic heterocycles. The van der Waals surface area contributed by atoms with Gasteiger partial charge in [-0.2, -0.15) is 0 Å². The highest BCUT2D eigenvalue weighted by molar-refractivity contribution is 7.89. The lowest BCUT2D eigenvalue weighted by atomic mass is 10.2. The summed E-state index contributed by atoms with van der Waals surface area (Å²) in [7, 11) is -1.95. The van der Waals surface area contributed by atoms with E-state index in [0.29, 0.717) is 19.5 Å². The van der Waals surface area contributed by atoms with Gasteiger partial charge in [-0.25, -0.2) is 12.7 Å². The van der Waals surface area contributed by atoms with Crippen LogP contribution in [0.2, 0.25) is 0 Å². The Kier molecular flexibility index (Phi) is 5.07. The fourth-order valence-electron chi connectivity index (χ4n) is 1.39. The molecule has 0 atom stereocenters. The molecule has 0 radical (unpaired) electrons. The zero-order valence-electron chi connectivity index (χ0n) is 9.83. The molecule has 17 heavy (non-hydrogen) atoms. The number of hydrogen-bond donors (Lipinski definition) is 2. The fraction of sp³-hybridized carbons (Fsp3) is 0.455. The standard InChI is InChI=1S/C11H18N2O3S/c1-13(7-2-8-14)17(15,16)11-5-3-10(9-12)4-6-11/h3-6,14H,2,7-9,12H2,1H3. The Morgan fingerprint density at radius 1 is 1.29 bits per heavy atom. The predicted octanol–water partition coefficient (Wildman–Crippen LogP) is 0.148. The molecular formula is C11H18N2O3S. The topological polar surface area (TPSA) is 83.6 Å². The Labute approximate surface area is 102 Å². The lowest BCUT2D eigenvalue weighted by molar-refractivity contribution is 0.275. The van der Waals surface area contributed by atoms with E-state index in [-0.39, 0.29) is 11.5 Å². The van der Waals surface area contributed by atoms with E-state index >= 15 is 0 Å². The van der Waals surface area contributed by atoms with Crippen molar-refractivity contribution in [2.75, 3.05) is 20.2 Å². The molecule has 6 heteroatoms. The van der Waals surface area contributed by atoms with E-state index in [9.17, 15) is 8.42 Å². The van der Waals surface area contributed by atoms with Gasteiger partial charge in [0.2, 0.25) is 10.0 Å². The van der Waals surface area contributed by atoms with Crippen molar-refractivity contribution in [1.29, 1.82) is 0 Å². The van der Waals surface area contributed by atoms with Crippen LogP contribution in [0.1, 0.15) is 12.0 Å². The number of nitrogens with zero attached hydrogens (tertiary/aromatic N) is 1. The van der Waals surface area contributed by atoms with Crippen LogP contribution in [0.25, 0.3) is 0 Å². The Hall–Kier alpha value is -0.950. The van der Waals surface area contributed by atoms with E-state index in [1.165, 1.54) is 11.4 Å². The third-order valence-electron chi connectivity index (χ3n) is 2.50. The summed E-state index contributed by atoms with van der Waals surface area (Å²) < 4.78 is 25.3. The molecule has 0 aromatic heterocycles. The van der Waals surface area contributed by atoms with Gasteiger partial charge in [0.15, 0.2) is 0 Å². The predicted molar refractivity (Wildman–Crippen MR) is 65.9 cm³/mol. The second-order valence-electron chi connectivity index (χ2n) is 3.75. The van der Waals surface area contributed by atoms with Crippen molar-refractivity contribution in [3.63, 3.8) is 0 Å². The number of aliphatic hydroxyl groups excluding tert-OH is 1. The molecule has 0 aliphatic rings. The molecule has 96 valence electrons. The Morgan fingerprint density at radius 2 is 1.88 bits per heavy atom. The SMILES string of the molecule is CN(CCCO)S(=O)(=O)c1ccc(CN)cc1. The van der Waals surface area contributed by atoms with Gasteiger partial charge in [-0.3, -0.25) is 0 Å².